The predicted octanol–water partition coefficient (Wildman–Crippen LogP) is 3.05. The molecule has 0 saturated carbocycles. The Hall–Kier alpha value is -3.36. The van der Waals surface area contributed by atoms with Gasteiger partial charge in [0.2, 0.25) is 5.91 Å². The van der Waals surface area contributed by atoms with Crippen LogP contribution in [0.3, 0.4) is 0 Å². The number of halogens is 2. The minimum Gasteiger partial charge on any atom is -0.490 e. The van der Waals surface area contributed by atoms with E-state index in [-0.39, 0.29) is 30.5 Å². The molecule has 2 aromatic rings. The quantitative estimate of drug-likeness (QED) is 0.408. The van der Waals surface area contributed by atoms with Gasteiger partial charge in [0, 0.05) is 26.2 Å². The van der Waals surface area contributed by atoms with Gasteiger partial charge in [-0.15, -0.1) is 0 Å². The third-order valence-corrected chi connectivity index (χ3v) is 4.43. The molecule has 174 valence electrons. The molecule has 0 aliphatic rings. The minimum absolute atomic E-state index is 0.0406. The number of para-hydroxylation sites is 1. The van der Waals surface area contributed by atoms with Crippen molar-refractivity contribution in [2.75, 3.05) is 33.8 Å². The fourth-order valence-electron chi connectivity index (χ4n) is 2.80. The van der Waals surface area contributed by atoms with Crippen LogP contribution >= 0.6 is 0 Å². The Morgan fingerprint density at radius 2 is 1.84 bits per heavy atom. The number of carbonyl (C=O) groups excluding carboxylic acids is 1. The lowest BCUT2D eigenvalue weighted by Crippen LogP contribution is -2.43. The molecular weight excluding hydrogens is 418 g/mol. The summed E-state index contributed by atoms with van der Waals surface area (Å²) in [6.07, 6.45) is 0.753. The summed E-state index contributed by atoms with van der Waals surface area (Å²) in [6.45, 7) is -0.238. The van der Waals surface area contributed by atoms with E-state index in [0.29, 0.717) is 24.7 Å². The number of alkyl halides is 2. The van der Waals surface area contributed by atoms with Crippen LogP contribution in [-0.2, 0) is 17.8 Å². The second kappa shape index (κ2) is 13.1. The van der Waals surface area contributed by atoms with Crippen molar-refractivity contribution >= 4 is 11.9 Å². The van der Waals surface area contributed by atoms with Crippen LogP contribution < -0.4 is 20.1 Å². The first-order valence-corrected chi connectivity index (χ1v) is 10.4. The summed E-state index contributed by atoms with van der Waals surface area (Å²) in [5.41, 5.74) is 1.60. The van der Waals surface area contributed by atoms with E-state index in [4.69, 9.17) is 9.47 Å². The van der Waals surface area contributed by atoms with Crippen molar-refractivity contribution in [3.05, 3.63) is 59.7 Å². The Morgan fingerprint density at radius 3 is 2.50 bits per heavy atom. The summed E-state index contributed by atoms with van der Waals surface area (Å²) in [4.78, 5) is 17.9. The Kier molecular flexibility index (Phi) is 10.2. The summed E-state index contributed by atoms with van der Waals surface area (Å²) in [5, 5.41) is 6.17. The SMILES string of the molecule is CCOc1cccc(CN=C(NCCc2ccccc2)NCC(=O)N(C)C)c1OC(F)F. The van der Waals surface area contributed by atoms with Crippen molar-refractivity contribution in [2.45, 2.75) is 26.5 Å². The van der Waals surface area contributed by atoms with Crippen LogP contribution in [0.2, 0.25) is 0 Å². The van der Waals surface area contributed by atoms with Crippen molar-refractivity contribution in [1.29, 1.82) is 0 Å². The molecule has 0 fully saturated rings. The van der Waals surface area contributed by atoms with E-state index in [9.17, 15) is 13.6 Å². The highest BCUT2D eigenvalue weighted by atomic mass is 19.3. The third-order valence-electron chi connectivity index (χ3n) is 4.43. The lowest BCUT2D eigenvalue weighted by atomic mass is 10.1. The predicted molar refractivity (Wildman–Crippen MR) is 120 cm³/mol. The van der Waals surface area contributed by atoms with Crippen LogP contribution in [-0.4, -0.2) is 57.2 Å². The minimum atomic E-state index is -2.99. The summed E-state index contributed by atoms with van der Waals surface area (Å²) in [6, 6.07) is 14.8. The van der Waals surface area contributed by atoms with Crippen molar-refractivity contribution in [3.63, 3.8) is 0 Å². The summed E-state index contributed by atoms with van der Waals surface area (Å²) in [5.74, 6) is 0.458. The summed E-state index contributed by atoms with van der Waals surface area (Å²) < 4.78 is 36.0. The number of carbonyl (C=O) groups is 1. The molecule has 0 unspecified atom stereocenters. The molecule has 0 atom stereocenters. The van der Waals surface area contributed by atoms with Gasteiger partial charge in [0.1, 0.15) is 0 Å². The lowest BCUT2D eigenvalue weighted by molar-refractivity contribution is -0.127. The van der Waals surface area contributed by atoms with Crippen LogP contribution in [0.5, 0.6) is 11.5 Å². The standard InChI is InChI=1S/C23H30F2N4O3/c1-4-31-19-12-8-11-18(21(19)32-22(24)25)15-27-23(28-16-20(30)29(2)3)26-14-13-17-9-6-5-7-10-17/h5-12,22H,4,13-16H2,1-3H3,(H2,26,27,28). The highest BCUT2D eigenvalue weighted by Gasteiger charge is 2.16. The molecule has 0 saturated heterocycles. The molecule has 0 aliphatic carbocycles. The fraction of sp³-hybridized carbons (Fsp3) is 0.391. The number of guanidine groups is 1. The Labute approximate surface area is 187 Å². The summed E-state index contributed by atoms with van der Waals surface area (Å²) >= 11 is 0. The molecule has 32 heavy (non-hydrogen) atoms. The molecule has 1 amide bonds. The van der Waals surface area contributed by atoms with Gasteiger partial charge in [-0.3, -0.25) is 4.79 Å². The zero-order valence-corrected chi connectivity index (χ0v) is 18.6. The van der Waals surface area contributed by atoms with Crippen molar-refractivity contribution < 1.29 is 23.0 Å². The molecule has 0 aromatic heterocycles. The number of nitrogens with zero attached hydrogens (tertiary/aromatic N) is 2. The Bertz CT molecular complexity index is 877. The molecule has 7 nitrogen and oxygen atoms in total. The number of ether oxygens (including phenoxy) is 2. The van der Waals surface area contributed by atoms with Crippen LogP contribution in [0.1, 0.15) is 18.1 Å². The maximum atomic E-state index is 13.0. The number of nitrogens with one attached hydrogen (secondary N) is 2. The van der Waals surface area contributed by atoms with Crippen LogP contribution in [0.25, 0.3) is 0 Å². The van der Waals surface area contributed by atoms with E-state index in [1.807, 2.05) is 30.3 Å². The van der Waals surface area contributed by atoms with Gasteiger partial charge in [-0.25, -0.2) is 4.99 Å². The van der Waals surface area contributed by atoms with Crippen molar-refractivity contribution in [3.8, 4) is 11.5 Å². The maximum Gasteiger partial charge on any atom is 0.387 e. The van der Waals surface area contributed by atoms with Crippen LogP contribution in [0, 0.1) is 0 Å². The van der Waals surface area contributed by atoms with E-state index in [0.717, 1.165) is 12.0 Å². The molecule has 0 bridgehead atoms. The third kappa shape index (κ3) is 8.41. The lowest BCUT2D eigenvalue weighted by Gasteiger charge is -2.16. The van der Waals surface area contributed by atoms with E-state index in [2.05, 4.69) is 15.6 Å². The van der Waals surface area contributed by atoms with Gasteiger partial charge in [-0.1, -0.05) is 42.5 Å². The second-order valence-electron chi connectivity index (χ2n) is 7.02. The zero-order valence-electron chi connectivity index (χ0n) is 18.6. The van der Waals surface area contributed by atoms with Gasteiger partial charge in [-0.05, 0) is 25.0 Å². The Morgan fingerprint density at radius 1 is 1.09 bits per heavy atom. The zero-order chi connectivity index (χ0) is 23.3. The van der Waals surface area contributed by atoms with Gasteiger partial charge in [0.25, 0.3) is 0 Å². The number of likely N-dealkylation sites (N-methyl/N-ethyl adjacent to an activating group) is 1. The van der Waals surface area contributed by atoms with Crippen LogP contribution in [0.4, 0.5) is 8.78 Å². The molecule has 2 aromatic carbocycles. The van der Waals surface area contributed by atoms with E-state index >= 15 is 0 Å². The van der Waals surface area contributed by atoms with Gasteiger partial charge in [0.05, 0.1) is 19.7 Å². The first-order valence-electron chi connectivity index (χ1n) is 10.4. The van der Waals surface area contributed by atoms with E-state index < -0.39 is 6.61 Å². The largest absolute Gasteiger partial charge is 0.490 e. The highest BCUT2D eigenvalue weighted by Crippen LogP contribution is 2.33. The molecule has 0 aliphatic heterocycles. The van der Waals surface area contributed by atoms with Crippen molar-refractivity contribution in [1.82, 2.24) is 15.5 Å². The number of hydrogen-bond donors (Lipinski definition) is 2. The monoisotopic (exact) mass is 448 g/mol. The molecular formula is C23H30F2N4O3. The normalized spacial score (nSPS) is 11.2. The highest BCUT2D eigenvalue weighted by molar-refractivity contribution is 5.86. The smallest absolute Gasteiger partial charge is 0.387 e. The number of aliphatic imine (C=N–C) groups is 1. The number of hydrogen-bond acceptors (Lipinski definition) is 4. The van der Waals surface area contributed by atoms with E-state index in [1.54, 1.807) is 39.2 Å². The average Bonchev–Trinajstić information content (AvgIpc) is 2.77. The molecule has 0 spiro atoms. The molecule has 2 N–H and O–H groups in total. The molecule has 9 heteroatoms. The Balaban J connectivity index is 2.15. The van der Waals surface area contributed by atoms with Crippen molar-refractivity contribution in [2.24, 2.45) is 4.99 Å². The summed E-state index contributed by atoms with van der Waals surface area (Å²) in [7, 11) is 3.33. The first-order chi connectivity index (χ1) is 15.4. The molecule has 2 rings (SSSR count). The fourth-order valence-corrected chi connectivity index (χ4v) is 2.80. The van der Waals surface area contributed by atoms with Gasteiger partial charge < -0.3 is 25.0 Å². The number of amides is 1. The van der Waals surface area contributed by atoms with E-state index in [1.165, 1.54) is 4.90 Å². The molecule has 0 radical (unpaired) electrons. The second-order valence-corrected chi connectivity index (χ2v) is 7.02. The van der Waals surface area contributed by atoms with Gasteiger partial charge >= 0.3 is 6.61 Å². The number of benzene rings is 2. The molecule has 0 heterocycles. The van der Waals surface area contributed by atoms with Crippen LogP contribution in [0.15, 0.2) is 53.5 Å². The topological polar surface area (TPSA) is 75.2 Å². The van der Waals surface area contributed by atoms with Gasteiger partial charge in [0.15, 0.2) is 17.5 Å². The first kappa shape index (κ1) is 24.9. The average molecular weight is 449 g/mol. The maximum absolute atomic E-state index is 13.0. The number of rotatable bonds is 11. The van der Waals surface area contributed by atoms with Gasteiger partial charge in [-0.2, -0.15) is 8.78 Å².